The third kappa shape index (κ3) is 3.95. The fourth-order valence-corrected chi connectivity index (χ4v) is 3.33. The summed E-state index contributed by atoms with van der Waals surface area (Å²) in [6.07, 6.45) is -9.01. The average Bonchev–Trinajstić information content (AvgIpc) is 3.34. The normalized spacial score (nSPS) is 12.4. The molecule has 2 aromatic carbocycles. The molecule has 0 saturated heterocycles. The zero-order valence-corrected chi connectivity index (χ0v) is 16.2. The van der Waals surface area contributed by atoms with Gasteiger partial charge in [-0.15, -0.1) is 0 Å². The van der Waals surface area contributed by atoms with Gasteiger partial charge in [-0.05, 0) is 30.3 Å². The van der Waals surface area contributed by atoms with E-state index >= 15 is 0 Å². The van der Waals surface area contributed by atoms with E-state index in [0.717, 1.165) is 36.5 Å². The van der Waals surface area contributed by atoms with Gasteiger partial charge in [0.05, 0.1) is 33.6 Å². The molecule has 0 aliphatic rings. The third-order valence-electron chi connectivity index (χ3n) is 4.45. The molecule has 166 valence electrons. The van der Waals surface area contributed by atoms with Crippen molar-refractivity contribution in [3.63, 3.8) is 0 Å². The minimum Gasteiger partial charge on any atom is -0.356 e. The molecule has 0 spiro atoms. The Kier molecular flexibility index (Phi) is 5.24. The lowest BCUT2D eigenvalue weighted by molar-refractivity contribution is -0.142. The van der Waals surface area contributed by atoms with E-state index in [1.165, 1.54) is 12.1 Å². The highest BCUT2D eigenvalue weighted by atomic mass is 35.5. The number of nitrogens with zero attached hydrogens (tertiary/aromatic N) is 3. The van der Waals surface area contributed by atoms with Crippen molar-refractivity contribution in [2.24, 2.45) is 0 Å². The van der Waals surface area contributed by atoms with Crippen molar-refractivity contribution in [2.45, 2.75) is 12.4 Å². The molecule has 0 unspecified atom stereocenters. The summed E-state index contributed by atoms with van der Waals surface area (Å²) in [6, 6.07) is 8.09. The smallest absolute Gasteiger partial charge is 0.356 e. The van der Waals surface area contributed by atoms with E-state index in [1.807, 2.05) is 0 Å². The molecular weight excluding hydrogens is 467 g/mol. The van der Waals surface area contributed by atoms with Crippen molar-refractivity contribution in [1.29, 1.82) is 0 Å². The maximum atomic E-state index is 14.1. The summed E-state index contributed by atoms with van der Waals surface area (Å²) >= 11 is 5.95. The van der Waals surface area contributed by atoms with Crippen LogP contribution < -0.4 is 0 Å². The van der Waals surface area contributed by atoms with Gasteiger partial charge in [0, 0.05) is 6.07 Å². The molecule has 0 amide bonds. The van der Waals surface area contributed by atoms with Crippen molar-refractivity contribution in [3.05, 3.63) is 76.8 Å². The number of alkyl halides is 6. The van der Waals surface area contributed by atoms with Gasteiger partial charge < -0.3 is 4.52 Å². The number of hydrogen-bond donors (Lipinski definition) is 0. The monoisotopic (exact) mass is 475 g/mol. The van der Waals surface area contributed by atoms with E-state index in [0.29, 0.717) is 10.7 Å². The van der Waals surface area contributed by atoms with Gasteiger partial charge in [0.1, 0.15) is 11.5 Å². The molecule has 4 aromatic rings. The van der Waals surface area contributed by atoms with E-state index < -0.39 is 46.4 Å². The summed E-state index contributed by atoms with van der Waals surface area (Å²) in [5.74, 6) is -1.20. The molecular formula is C20H9ClF7N3O. The van der Waals surface area contributed by atoms with Crippen molar-refractivity contribution < 1.29 is 35.3 Å². The number of hydrogen-bond acceptors (Lipinski definition) is 3. The predicted octanol–water partition coefficient (Wildman–Crippen LogP) is 7.02. The Morgan fingerprint density at radius 2 is 1.62 bits per heavy atom. The molecule has 0 fully saturated rings. The molecule has 32 heavy (non-hydrogen) atoms. The Morgan fingerprint density at radius 3 is 2.28 bits per heavy atom. The maximum Gasteiger partial charge on any atom is 0.434 e. The van der Waals surface area contributed by atoms with Gasteiger partial charge in [-0.25, -0.2) is 9.07 Å². The zero-order valence-electron chi connectivity index (χ0n) is 15.5. The summed E-state index contributed by atoms with van der Waals surface area (Å²) in [5.41, 5.74) is -3.93. The van der Waals surface area contributed by atoms with Gasteiger partial charge in [0.2, 0.25) is 0 Å². The lowest BCUT2D eigenvalue weighted by Crippen LogP contribution is -2.15. The number of benzene rings is 2. The first-order valence-electron chi connectivity index (χ1n) is 8.71. The van der Waals surface area contributed by atoms with Crippen LogP contribution in [0, 0.1) is 5.82 Å². The van der Waals surface area contributed by atoms with Crippen LogP contribution >= 0.6 is 11.6 Å². The zero-order chi connectivity index (χ0) is 23.3. The number of halogens is 8. The second-order valence-corrected chi connectivity index (χ2v) is 6.94. The predicted molar refractivity (Wildman–Crippen MR) is 99.5 cm³/mol. The van der Waals surface area contributed by atoms with Crippen molar-refractivity contribution in [2.75, 3.05) is 0 Å². The van der Waals surface area contributed by atoms with Crippen LogP contribution in [0.25, 0.3) is 28.3 Å². The Bertz CT molecular complexity index is 1270. The average molecular weight is 476 g/mol. The molecule has 0 radical (unpaired) electrons. The van der Waals surface area contributed by atoms with Crippen molar-refractivity contribution >= 4 is 11.6 Å². The molecule has 0 saturated carbocycles. The molecule has 12 heteroatoms. The largest absolute Gasteiger partial charge is 0.434 e. The Morgan fingerprint density at radius 1 is 0.906 bits per heavy atom. The molecule has 2 heterocycles. The molecule has 4 rings (SSSR count). The lowest BCUT2D eigenvalue weighted by Gasteiger charge is -2.13. The first kappa shape index (κ1) is 21.9. The molecule has 0 aliphatic heterocycles. The van der Waals surface area contributed by atoms with E-state index in [4.69, 9.17) is 16.1 Å². The highest BCUT2D eigenvalue weighted by molar-refractivity contribution is 6.33. The summed E-state index contributed by atoms with van der Waals surface area (Å²) < 4.78 is 100. The Hall–Kier alpha value is -3.34. The van der Waals surface area contributed by atoms with E-state index in [2.05, 4.69) is 10.3 Å². The van der Waals surface area contributed by atoms with Gasteiger partial charge >= 0.3 is 12.4 Å². The standard InChI is InChI=1S/C20H9ClF7N3O/c21-13-5-2-6-14(22)17(13)15-8-16(32-30-15)12-9-29-31(18(12)20(26,27)28)11-4-1-3-10(7-11)19(23,24)25/h1-9H. The minimum atomic E-state index is -5.03. The third-order valence-corrected chi connectivity index (χ3v) is 4.77. The highest BCUT2D eigenvalue weighted by Gasteiger charge is 2.40. The first-order chi connectivity index (χ1) is 15.0. The second kappa shape index (κ2) is 7.66. The van der Waals surface area contributed by atoms with E-state index in [-0.39, 0.29) is 16.3 Å². The van der Waals surface area contributed by atoms with Gasteiger partial charge in [0.15, 0.2) is 11.5 Å². The first-order valence-corrected chi connectivity index (χ1v) is 9.09. The molecule has 0 atom stereocenters. The van der Waals surface area contributed by atoms with E-state index in [1.54, 1.807) is 0 Å². The summed E-state index contributed by atoms with van der Waals surface area (Å²) in [4.78, 5) is 0. The second-order valence-electron chi connectivity index (χ2n) is 6.54. The van der Waals surface area contributed by atoms with Crippen LogP contribution in [-0.4, -0.2) is 14.9 Å². The molecule has 0 aliphatic carbocycles. The quantitative estimate of drug-likeness (QED) is 0.299. The van der Waals surface area contributed by atoms with Crippen LogP contribution in [0.1, 0.15) is 11.3 Å². The molecule has 4 nitrogen and oxygen atoms in total. The summed E-state index contributed by atoms with van der Waals surface area (Å²) in [5, 5.41) is 7.15. The number of rotatable bonds is 3. The van der Waals surface area contributed by atoms with Crippen LogP contribution in [0.15, 0.2) is 59.3 Å². The summed E-state index contributed by atoms with van der Waals surface area (Å²) in [7, 11) is 0. The highest BCUT2D eigenvalue weighted by Crippen LogP contribution is 2.41. The fraction of sp³-hybridized carbons (Fsp3) is 0.100. The van der Waals surface area contributed by atoms with Crippen LogP contribution in [-0.2, 0) is 12.4 Å². The van der Waals surface area contributed by atoms with Crippen molar-refractivity contribution in [1.82, 2.24) is 14.9 Å². The molecule has 0 bridgehead atoms. The Labute approximate surface area is 179 Å². The molecule has 2 aromatic heterocycles. The SMILES string of the molecule is Fc1cccc(Cl)c1-c1cc(-c2cnn(-c3cccc(C(F)(F)F)c3)c2C(F)(F)F)on1. The van der Waals surface area contributed by atoms with Crippen LogP contribution in [0.5, 0.6) is 0 Å². The fourth-order valence-electron chi connectivity index (χ4n) is 3.07. The van der Waals surface area contributed by atoms with Crippen LogP contribution in [0.2, 0.25) is 5.02 Å². The Balaban J connectivity index is 1.85. The minimum absolute atomic E-state index is 0.0412. The van der Waals surface area contributed by atoms with Gasteiger partial charge in [-0.3, -0.25) is 0 Å². The van der Waals surface area contributed by atoms with Gasteiger partial charge in [0.25, 0.3) is 0 Å². The van der Waals surface area contributed by atoms with Gasteiger partial charge in [-0.2, -0.15) is 31.4 Å². The topological polar surface area (TPSA) is 43.9 Å². The maximum absolute atomic E-state index is 14.1. The molecule has 0 N–H and O–H groups in total. The van der Waals surface area contributed by atoms with Crippen molar-refractivity contribution in [3.8, 4) is 28.3 Å². The van der Waals surface area contributed by atoms with Gasteiger partial charge in [-0.1, -0.05) is 28.9 Å². The lowest BCUT2D eigenvalue weighted by atomic mass is 10.1. The van der Waals surface area contributed by atoms with E-state index in [9.17, 15) is 30.7 Å². The van der Waals surface area contributed by atoms with Crippen LogP contribution in [0.3, 0.4) is 0 Å². The summed E-state index contributed by atoms with van der Waals surface area (Å²) in [6.45, 7) is 0. The number of aromatic nitrogens is 3. The van der Waals surface area contributed by atoms with Crippen LogP contribution in [0.4, 0.5) is 30.7 Å².